The van der Waals surface area contributed by atoms with Crippen LogP contribution in [-0.2, 0) is 6.54 Å². The minimum absolute atomic E-state index is 0.0134. The molecule has 3 nitrogen and oxygen atoms in total. The van der Waals surface area contributed by atoms with Crippen LogP contribution in [0.4, 0.5) is 0 Å². The molecule has 1 amide bonds. The van der Waals surface area contributed by atoms with Crippen molar-refractivity contribution in [2.75, 3.05) is 7.05 Å². The SMILES string of the molecule is Cc1cc(C(=O)N(C)Cc2cccnc2)ccc1Br. The Morgan fingerprint density at radius 1 is 1.37 bits per heavy atom. The number of rotatable bonds is 3. The number of carbonyl (C=O) groups excluding carboxylic acids is 1. The normalized spacial score (nSPS) is 10.3. The van der Waals surface area contributed by atoms with Gasteiger partial charge < -0.3 is 4.90 Å². The fraction of sp³-hybridized carbons (Fsp3) is 0.200. The average Bonchev–Trinajstić information content (AvgIpc) is 2.42. The zero-order chi connectivity index (χ0) is 13.8. The van der Waals surface area contributed by atoms with E-state index < -0.39 is 0 Å². The first-order valence-electron chi connectivity index (χ1n) is 5.98. The number of hydrogen-bond donors (Lipinski definition) is 0. The standard InChI is InChI=1S/C15H15BrN2O/c1-11-8-13(5-6-14(11)16)15(19)18(2)10-12-4-3-7-17-9-12/h3-9H,10H2,1-2H3. The molecule has 98 valence electrons. The maximum absolute atomic E-state index is 12.3. The van der Waals surface area contributed by atoms with Crippen molar-refractivity contribution in [3.63, 3.8) is 0 Å². The van der Waals surface area contributed by atoms with Gasteiger partial charge in [-0.1, -0.05) is 22.0 Å². The lowest BCUT2D eigenvalue weighted by atomic mass is 10.1. The highest BCUT2D eigenvalue weighted by Gasteiger charge is 2.12. The van der Waals surface area contributed by atoms with Gasteiger partial charge in [0.2, 0.25) is 0 Å². The molecule has 0 aliphatic carbocycles. The fourth-order valence-electron chi connectivity index (χ4n) is 1.84. The van der Waals surface area contributed by atoms with E-state index >= 15 is 0 Å². The molecular weight excluding hydrogens is 304 g/mol. The van der Waals surface area contributed by atoms with Crippen LogP contribution in [0.15, 0.2) is 47.2 Å². The first-order valence-corrected chi connectivity index (χ1v) is 6.78. The quantitative estimate of drug-likeness (QED) is 0.868. The Morgan fingerprint density at radius 3 is 2.79 bits per heavy atom. The van der Waals surface area contributed by atoms with Gasteiger partial charge in [0.25, 0.3) is 5.91 Å². The lowest BCUT2D eigenvalue weighted by molar-refractivity contribution is 0.0785. The van der Waals surface area contributed by atoms with Crippen molar-refractivity contribution in [1.29, 1.82) is 0 Å². The van der Waals surface area contributed by atoms with Crippen LogP contribution in [0.1, 0.15) is 21.5 Å². The maximum atomic E-state index is 12.3. The Bertz CT molecular complexity index is 584. The number of carbonyl (C=O) groups is 1. The second-order valence-electron chi connectivity index (χ2n) is 4.49. The molecule has 0 unspecified atom stereocenters. The predicted octanol–water partition coefficient (Wildman–Crippen LogP) is 3.42. The lowest BCUT2D eigenvalue weighted by Crippen LogP contribution is -2.26. The van der Waals surface area contributed by atoms with Gasteiger partial charge in [-0.05, 0) is 42.3 Å². The van der Waals surface area contributed by atoms with Gasteiger partial charge >= 0.3 is 0 Å². The maximum Gasteiger partial charge on any atom is 0.253 e. The van der Waals surface area contributed by atoms with Crippen molar-refractivity contribution in [2.45, 2.75) is 13.5 Å². The van der Waals surface area contributed by atoms with Gasteiger partial charge in [-0.3, -0.25) is 9.78 Å². The van der Waals surface area contributed by atoms with Crippen molar-refractivity contribution in [2.24, 2.45) is 0 Å². The van der Waals surface area contributed by atoms with Crippen LogP contribution in [0.2, 0.25) is 0 Å². The molecule has 1 aromatic carbocycles. The molecule has 0 bridgehead atoms. The highest BCUT2D eigenvalue weighted by atomic mass is 79.9. The molecule has 0 radical (unpaired) electrons. The van der Waals surface area contributed by atoms with Gasteiger partial charge in [0.1, 0.15) is 0 Å². The third kappa shape index (κ3) is 3.41. The van der Waals surface area contributed by atoms with Crippen LogP contribution >= 0.6 is 15.9 Å². The summed E-state index contributed by atoms with van der Waals surface area (Å²) in [5.41, 5.74) is 2.78. The summed E-state index contributed by atoms with van der Waals surface area (Å²) in [7, 11) is 1.80. The molecule has 0 aliphatic heterocycles. The summed E-state index contributed by atoms with van der Waals surface area (Å²) in [4.78, 5) is 18.0. The average molecular weight is 319 g/mol. The highest BCUT2D eigenvalue weighted by Crippen LogP contribution is 2.18. The molecule has 0 spiro atoms. The number of aryl methyl sites for hydroxylation is 1. The largest absolute Gasteiger partial charge is 0.337 e. The van der Waals surface area contributed by atoms with Crippen LogP contribution < -0.4 is 0 Å². The number of halogens is 1. The number of amides is 1. The van der Waals surface area contributed by atoms with Crippen molar-refractivity contribution >= 4 is 21.8 Å². The van der Waals surface area contributed by atoms with Crippen LogP contribution in [0.5, 0.6) is 0 Å². The number of pyridine rings is 1. The van der Waals surface area contributed by atoms with Crippen molar-refractivity contribution in [3.8, 4) is 0 Å². The Hall–Kier alpha value is -1.68. The van der Waals surface area contributed by atoms with Gasteiger partial charge in [0.05, 0.1) is 0 Å². The molecule has 2 rings (SSSR count). The molecular formula is C15H15BrN2O. The minimum Gasteiger partial charge on any atom is -0.337 e. The third-order valence-electron chi connectivity index (χ3n) is 2.89. The molecule has 1 heterocycles. The second-order valence-corrected chi connectivity index (χ2v) is 5.34. The van der Waals surface area contributed by atoms with E-state index in [1.807, 2.05) is 37.3 Å². The number of nitrogens with zero attached hydrogens (tertiary/aromatic N) is 2. The highest BCUT2D eigenvalue weighted by molar-refractivity contribution is 9.10. The second kappa shape index (κ2) is 5.97. The van der Waals surface area contributed by atoms with E-state index in [9.17, 15) is 4.79 Å². The van der Waals surface area contributed by atoms with Crippen LogP contribution in [0, 0.1) is 6.92 Å². The smallest absolute Gasteiger partial charge is 0.253 e. The van der Waals surface area contributed by atoms with Crippen LogP contribution in [0.3, 0.4) is 0 Å². The van der Waals surface area contributed by atoms with Gasteiger partial charge in [0, 0.05) is 36.0 Å². The fourth-order valence-corrected chi connectivity index (χ4v) is 2.08. The molecule has 19 heavy (non-hydrogen) atoms. The summed E-state index contributed by atoms with van der Waals surface area (Å²) in [6.07, 6.45) is 3.50. The molecule has 2 aromatic rings. The van der Waals surface area contributed by atoms with E-state index in [1.54, 1.807) is 24.3 Å². The summed E-state index contributed by atoms with van der Waals surface area (Å²) >= 11 is 3.44. The Kier molecular flexibility index (Phi) is 4.32. The third-order valence-corrected chi connectivity index (χ3v) is 3.78. The zero-order valence-corrected chi connectivity index (χ0v) is 12.5. The number of aromatic nitrogens is 1. The molecule has 0 aliphatic rings. The summed E-state index contributed by atoms with van der Waals surface area (Å²) in [5.74, 6) is 0.0134. The molecule has 4 heteroatoms. The van der Waals surface area contributed by atoms with Crippen molar-refractivity contribution in [3.05, 3.63) is 63.9 Å². The Morgan fingerprint density at radius 2 is 2.16 bits per heavy atom. The van der Waals surface area contributed by atoms with Crippen molar-refractivity contribution in [1.82, 2.24) is 9.88 Å². The molecule has 0 fully saturated rings. The van der Waals surface area contributed by atoms with Crippen LogP contribution in [-0.4, -0.2) is 22.8 Å². The number of hydrogen-bond acceptors (Lipinski definition) is 2. The Balaban J connectivity index is 2.12. The van der Waals surface area contributed by atoms with Gasteiger partial charge in [-0.15, -0.1) is 0 Å². The van der Waals surface area contributed by atoms with Crippen LogP contribution in [0.25, 0.3) is 0 Å². The summed E-state index contributed by atoms with van der Waals surface area (Å²) < 4.78 is 1.01. The van der Waals surface area contributed by atoms with E-state index in [0.29, 0.717) is 12.1 Å². The molecule has 1 aromatic heterocycles. The number of benzene rings is 1. The van der Waals surface area contributed by atoms with Gasteiger partial charge in [0.15, 0.2) is 0 Å². The molecule has 0 N–H and O–H groups in total. The predicted molar refractivity (Wildman–Crippen MR) is 78.9 cm³/mol. The molecule has 0 atom stereocenters. The van der Waals surface area contributed by atoms with E-state index in [2.05, 4.69) is 20.9 Å². The summed E-state index contributed by atoms with van der Waals surface area (Å²) in [5, 5.41) is 0. The van der Waals surface area contributed by atoms with Gasteiger partial charge in [-0.25, -0.2) is 0 Å². The zero-order valence-electron chi connectivity index (χ0n) is 10.9. The molecule has 0 saturated carbocycles. The summed E-state index contributed by atoms with van der Waals surface area (Å²) in [6.45, 7) is 2.53. The van der Waals surface area contributed by atoms with E-state index in [4.69, 9.17) is 0 Å². The monoisotopic (exact) mass is 318 g/mol. The first-order chi connectivity index (χ1) is 9.08. The minimum atomic E-state index is 0.0134. The van der Waals surface area contributed by atoms with E-state index in [1.165, 1.54) is 0 Å². The van der Waals surface area contributed by atoms with Gasteiger partial charge in [-0.2, -0.15) is 0 Å². The first kappa shape index (κ1) is 13.7. The van der Waals surface area contributed by atoms with Crippen molar-refractivity contribution < 1.29 is 4.79 Å². The molecule has 0 saturated heterocycles. The Labute approximate surface area is 121 Å². The lowest BCUT2D eigenvalue weighted by Gasteiger charge is -2.17. The van der Waals surface area contributed by atoms with E-state index in [-0.39, 0.29) is 5.91 Å². The van der Waals surface area contributed by atoms with E-state index in [0.717, 1.165) is 15.6 Å². The summed E-state index contributed by atoms with van der Waals surface area (Å²) in [6, 6.07) is 9.47. The topological polar surface area (TPSA) is 33.2 Å².